The first-order valence-corrected chi connectivity index (χ1v) is 9.17. The Hall–Kier alpha value is -1.42. The van der Waals surface area contributed by atoms with Crippen LogP contribution >= 0.6 is 0 Å². The lowest BCUT2D eigenvalue weighted by molar-refractivity contribution is 0.0888. The van der Waals surface area contributed by atoms with Crippen molar-refractivity contribution in [2.75, 3.05) is 33.9 Å². The predicted octanol–water partition coefficient (Wildman–Crippen LogP) is 3.46. The molecule has 2 heterocycles. The van der Waals surface area contributed by atoms with Crippen LogP contribution < -0.4 is 0 Å². The highest BCUT2D eigenvalue weighted by molar-refractivity contribution is 5.48. The fraction of sp³-hybridized carbons (Fsp3) is 0.700. The molecular formula is C20H31NO3. The van der Waals surface area contributed by atoms with Crippen molar-refractivity contribution < 1.29 is 14.6 Å². The van der Waals surface area contributed by atoms with Crippen LogP contribution in [-0.4, -0.2) is 43.9 Å². The van der Waals surface area contributed by atoms with Crippen LogP contribution in [0.3, 0.4) is 0 Å². The standard InChI is InChI=1S/C20H31NO3/c1-13(2)7-15-11-21-6-5-14-9-19(23-3)20(24-4)10-17(14)18(21)8-16(15)12-22/h9,13,15-16,22H,5-8,10-12H2,1-4H3/t15-,16+/m1/s1. The fourth-order valence-electron chi connectivity index (χ4n) is 4.51. The van der Waals surface area contributed by atoms with Gasteiger partial charge in [0.15, 0.2) is 5.76 Å². The molecule has 0 radical (unpaired) electrons. The van der Waals surface area contributed by atoms with Gasteiger partial charge in [-0.05, 0) is 54.2 Å². The van der Waals surface area contributed by atoms with Gasteiger partial charge >= 0.3 is 0 Å². The molecule has 24 heavy (non-hydrogen) atoms. The third kappa shape index (κ3) is 3.21. The van der Waals surface area contributed by atoms with E-state index in [9.17, 15) is 5.11 Å². The van der Waals surface area contributed by atoms with Gasteiger partial charge in [0.25, 0.3) is 0 Å². The molecule has 0 bridgehead atoms. The second-order valence-electron chi connectivity index (χ2n) is 7.70. The molecule has 0 aromatic carbocycles. The smallest absolute Gasteiger partial charge is 0.157 e. The summed E-state index contributed by atoms with van der Waals surface area (Å²) in [7, 11) is 3.42. The van der Waals surface area contributed by atoms with Gasteiger partial charge in [0, 0.05) is 31.8 Å². The molecule has 0 saturated carbocycles. The number of ether oxygens (including phenoxy) is 2. The molecule has 134 valence electrons. The lowest BCUT2D eigenvalue weighted by atomic mass is 9.76. The van der Waals surface area contributed by atoms with E-state index in [1.807, 2.05) is 0 Å². The van der Waals surface area contributed by atoms with Crippen LogP contribution in [0.1, 0.15) is 39.5 Å². The van der Waals surface area contributed by atoms with Crippen molar-refractivity contribution in [3.8, 4) is 0 Å². The fourth-order valence-corrected chi connectivity index (χ4v) is 4.51. The molecule has 0 amide bonds. The van der Waals surface area contributed by atoms with Gasteiger partial charge in [-0.1, -0.05) is 13.8 Å². The molecule has 1 aliphatic carbocycles. The zero-order valence-corrected chi connectivity index (χ0v) is 15.5. The largest absolute Gasteiger partial charge is 0.497 e. The molecule has 4 nitrogen and oxygen atoms in total. The zero-order valence-electron chi connectivity index (χ0n) is 15.5. The monoisotopic (exact) mass is 333 g/mol. The lowest BCUT2D eigenvalue weighted by Crippen LogP contribution is -2.44. The first kappa shape index (κ1) is 17.4. The first-order chi connectivity index (χ1) is 11.6. The van der Waals surface area contributed by atoms with Crippen LogP contribution in [0.5, 0.6) is 0 Å². The molecular weight excluding hydrogens is 302 g/mol. The molecule has 1 N–H and O–H groups in total. The van der Waals surface area contributed by atoms with E-state index in [-0.39, 0.29) is 6.61 Å². The molecule has 0 unspecified atom stereocenters. The third-order valence-electron chi connectivity index (χ3n) is 5.74. The highest BCUT2D eigenvalue weighted by Gasteiger charge is 2.37. The molecule has 1 fully saturated rings. The molecule has 3 rings (SSSR count). The molecule has 1 saturated heterocycles. The topological polar surface area (TPSA) is 41.9 Å². The van der Waals surface area contributed by atoms with Gasteiger partial charge in [0.2, 0.25) is 0 Å². The quantitative estimate of drug-likeness (QED) is 0.837. The van der Waals surface area contributed by atoms with Gasteiger partial charge in [-0.25, -0.2) is 0 Å². The Morgan fingerprint density at radius 2 is 2.04 bits per heavy atom. The minimum atomic E-state index is 0.289. The van der Waals surface area contributed by atoms with Crippen molar-refractivity contribution in [1.29, 1.82) is 0 Å². The highest BCUT2D eigenvalue weighted by atomic mass is 16.5. The van der Waals surface area contributed by atoms with Crippen LogP contribution in [0.2, 0.25) is 0 Å². The van der Waals surface area contributed by atoms with Crippen LogP contribution in [0.25, 0.3) is 0 Å². The van der Waals surface area contributed by atoms with Crippen LogP contribution in [-0.2, 0) is 9.47 Å². The summed E-state index contributed by atoms with van der Waals surface area (Å²) in [5.74, 6) is 3.43. The van der Waals surface area contributed by atoms with E-state index in [0.29, 0.717) is 17.8 Å². The Balaban J connectivity index is 1.89. The molecule has 0 spiro atoms. The summed E-state index contributed by atoms with van der Waals surface area (Å²) in [6, 6.07) is 0. The van der Waals surface area contributed by atoms with Gasteiger partial charge in [0.05, 0.1) is 14.2 Å². The lowest BCUT2D eigenvalue weighted by Gasteiger charge is -2.46. The van der Waals surface area contributed by atoms with Crippen LogP contribution in [0.15, 0.2) is 34.4 Å². The summed E-state index contributed by atoms with van der Waals surface area (Å²) < 4.78 is 11.0. The van der Waals surface area contributed by atoms with Gasteiger partial charge < -0.3 is 19.5 Å². The molecule has 0 aromatic heterocycles. The van der Waals surface area contributed by atoms with Crippen molar-refractivity contribution in [3.05, 3.63) is 34.4 Å². The summed E-state index contributed by atoms with van der Waals surface area (Å²) in [5.41, 5.74) is 4.22. The number of nitrogens with zero attached hydrogens (tertiary/aromatic N) is 1. The zero-order chi connectivity index (χ0) is 17.3. The third-order valence-corrected chi connectivity index (χ3v) is 5.74. The van der Waals surface area contributed by atoms with Crippen molar-refractivity contribution in [2.45, 2.75) is 39.5 Å². The van der Waals surface area contributed by atoms with Crippen molar-refractivity contribution in [1.82, 2.24) is 4.90 Å². The highest BCUT2D eigenvalue weighted by Crippen LogP contribution is 2.43. The van der Waals surface area contributed by atoms with E-state index >= 15 is 0 Å². The maximum Gasteiger partial charge on any atom is 0.157 e. The Morgan fingerprint density at radius 1 is 1.25 bits per heavy atom. The number of aliphatic hydroxyl groups is 1. The summed E-state index contributed by atoms with van der Waals surface area (Å²) in [6.07, 6.45) is 6.21. The summed E-state index contributed by atoms with van der Waals surface area (Å²) >= 11 is 0. The Kier molecular flexibility index (Phi) is 5.24. The average Bonchev–Trinajstić information content (AvgIpc) is 2.59. The van der Waals surface area contributed by atoms with E-state index in [4.69, 9.17) is 9.47 Å². The average molecular weight is 333 g/mol. The van der Waals surface area contributed by atoms with Crippen molar-refractivity contribution >= 4 is 0 Å². The molecule has 2 aliphatic heterocycles. The van der Waals surface area contributed by atoms with E-state index in [1.165, 1.54) is 23.3 Å². The van der Waals surface area contributed by atoms with E-state index in [0.717, 1.165) is 43.9 Å². The molecule has 4 heteroatoms. The van der Waals surface area contributed by atoms with Gasteiger partial charge in [0.1, 0.15) is 5.76 Å². The number of fused-ring (bicyclic) bond motifs is 2. The SMILES string of the molecule is COC1=C(OC)CC2=C3C[C@@H](CO)[C@H](CC(C)C)CN3CCC2=C1. The number of methoxy groups -OCH3 is 2. The predicted molar refractivity (Wildman–Crippen MR) is 95.1 cm³/mol. The number of allylic oxidation sites excluding steroid dienone is 3. The second-order valence-corrected chi connectivity index (χ2v) is 7.70. The normalized spacial score (nSPS) is 27.1. The molecule has 2 atom stereocenters. The number of hydrogen-bond donors (Lipinski definition) is 1. The second kappa shape index (κ2) is 7.22. The van der Waals surface area contributed by atoms with Crippen molar-refractivity contribution in [3.63, 3.8) is 0 Å². The summed E-state index contributed by atoms with van der Waals surface area (Å²) in [4.78, 5) is 2.57. The minimum absolute atomic E-state index is 0.289. The van der Waals surface area contributed by atoms with Gasteiger partial charge in [-0.15, -0.1) is 0 Å². The number of hydrogen-bond acceptors (Lipinski definition) is 4. The Morgan fingerprint density at radius 3 is 2.67 bits per heavy atom. The van der Waals surface area contributed by atoms with Crippen molar-refractivity contribution in [2.24, 2.45) is 17.8 Å². The van der Waals surface area contributed by atoms with E-state index in [1.54, 1.807) is 14.2 Å². The summed E-state index contributed by atoms with van der Waals surface area (Å²) in [6.45, 7) is 7.01. The van der Waals surface area contributed by atoms with Gasteiger partial charge in [-0.2, -0.15) is 0 Å². The Bertz CT molecular complexity index is 573. The van der Waals surface area contributed by atoms with E-state index in [2.05, 4.69) is 24.8 Å². The molecule has 3 aliphatic rings. The summed E-state index contributed by atoms with van der Waals surface area (Å²) in [5, 5.41) is 9.93. The number of aliphatic hydroxyl groups excluding tert-OH is 1. The van der Waals surface area contributed by atoms with E-state index < -0.39 is 0 Å². The Labute approximate surface area is 145 Å². The number of rotatable bonds is 5. The maximum atomic E-state index is 9.93. The van der Waals surface area contributed by atoms with Crippen LogP contribution in [0.4, 0.5) is 0 Å². The number of piperidine rings is 1. The first-order valence-electron chi connectivity index (χ1n) is 9.17. The minimum Gasteiger partial charge on any atom is -0.497 e. The molecule has 0 aromatic rings. The van der Waals surface area contributed by atoms with Crippen LogP contribution in [0, 0.1) is 17.8 Å². The maximum absolute atomic E-state index is 9.93. The van der Waals surface area contributed by atoms with Gasteiger partial charge in [-0.3, -0.25) is 0 Å².